The number of nitrogens with one attached hydrogen (secondary N) is 1. The molecule has 0 saturated heterocycles. The van der Waals surface area contributed by atoms with E-state index in [-0.39, 0.29) is 11.6 Å². The molecule has 4 heteroatoms. The van der Waals surface area contributed by atoms with Gasteiger partial charge in [0.05, 0.1) is 11.3 Å². The van der Waals surface area contributed by atoms with Crippen molar-refractivity contribution in [1.29, 1.82) is 0 Å². The number of benzene rings is 3. The number of anilines is 2. The van der Waals surface area contributed by atoms with E-state index in [0.717, 1.165) is 5.69 Å². The van der Waals surface area contributed by atoms with Gasteiger partial charge in [-0.2, -0.15) is 0 Å². The minimum atomic E-state index is -0.182. The number of carbonyl (C=O) groups excluding carboxylic acids is 2. The van der Waals surface area contributed by atoms with Crippen LogP contribution in [0.25, 0.3) is 0 Å². The molecule has 0 spiro atoms. The van der Waals surface area contributed by atoms with E-state index in [0.29, 0.717) is 33.0 Å². The number of fused-ring (bicyclic) bond motifs is 2. The smallest absolute Gasteiger partial charge is 0.196 e. The molecule has 0 heterocycles. The lowest BCUT2D eigenvalue weighted by molar-refractivity contribution is 0.0979. The molecule has 4 rings (SSSR count). The molecule has 3 aromatic rings. The summed E-state index contributed by atoms with van der Waals surface area (Å²) in [4.78, 5) is 25.7. The fraction of sp³-hybridized carbons (Fsp3) is 0. The third-order valence-corrected chi connectivity index (χ3v) is 4.29. The highest BCUT2D eigenvalue weighted by Gasteiger charge is 2.31. The molecule has 0 unspecified atom stereocenters. The molecule has 0 atom stereocenters. The molecule has 0 fully saturated rings. The molecule has 3 nitrogen and oxygen atoms in total. The Balaban J connectivity index is 1.87. The second kappa shape index (κ2) is 5.62. The van der Waals surface area contributed by atoms with Crippen LogP contribution in [0.1, 0.15) is 31.8 Å². The van der Waals surface area contributed by atoms with E-state index in [1.54, 1.807) is 36.4 Å². The van der Waals surface area contributed by atoms with E-state index < -0.39 is 0 Å². The summed E-state index contributed by atoms with van der Waals surface area (Å²) in [5.74, 6) is -0.353. The number of halogens is 1. The van der Waals surface area contributed by atoms with Crippen LogP contribution >= 0.6 is 11.6 Å². The molecule has 0 aliphatic heterocycles. The van der Waals surface area contributed by atoms with Gasteiger partial charge in [-0.15, -0.1) is 0 Å². The Bertz CT molecular complexity index is 980. The first-order valence-electron chi connectivity index (χ1n) is 7.49. The number of hydrogen-bond donors (Lipinski definition) is 1. The van der Waals surface area contributed by atoms with Gasteiger partial charge in [-0.25, -0.2) is 0 Å². The highest BCUT2D eigenvalue weighted by Crippen LogP contribution is 2.34. The molecule has 0 amide bonds. The third kappa shape index (κ3) is 2.30. The van der Waals surface area contributed by atoms with E-state index in [9.17, 15) is 9.59 Å². The topological polar surface area (TPSA) is 46.2 Å². The van der Waals surface area contributed by atoms with Crippen LogP contribution in [0.2, 0.25) is 5.02 Å². The summed E-state index contributed by atoms with van der Waals surface area (Å²) in [6.45, 7) is 0. The van der Waals surface area contributed by atoms with Crippen molar-refractivity contribution in [3.8, 4) is 0 Å². The summed E-state index contributed by atoms with van der Waals surface area (Å²) in [6, 6.07) is 19.6. The van der Waals surface area contributed by atoms with E-state index >= 15 is 0 Å². The van der Waals surface area contributed by atoms with Gasteiger partial charge in [-0.3, -0.25) is 9.59 Å². The first-order chi connectivity index (χ1) is 11.6. The molecule has 3 aromatic carbocycles. The lowest BCUT2D eigenvalue weighted by Gasteiger charge is -2.21. The first kappa shape index (κ1) is 14.7. The highest BCUT2D eigenvalue weighted by atomic mass is 35.5. The zero-order valence-electron chi connectivity index (χ0n) is 12.5. The van der Waals surface area contributed by atoms with E-state index in [4.69, 9.17) is 11.6 Å². The molecule has 116 valence electrons. The molecule has 0 radical (unpaired) electrons. The molecule has 0 saturated carbocycles. The van der Waals surface area contributed by atoms with E-state index in [1.807, 2.05) is 30.3 Å². The van der Waals surface area contributed by atoms with Crippen molar-refractivity contribution in [2.45, 2.75) is 0 Å². The van der Waals surface area contributed by atoms with Crippen molar-refractivity contribution in [3.05, 3.63) is 94.0 Å². The molecule has 1 aliphatic rings. The first-order valence-corrected chi connectivity index (χ1v) is 7.87. The second-order valence-corrected chi connectivity index (χ2v) is 6.00. The lowest BCUT2D eigenvalue weighted by atomic mass is 9.83. The van der Waals surface area contributed by atoms with Gasteiger partial charge < -0.3 is 5.32 Å². The van der Waals surface area contributed by atoms with Gasteiger partial charge in [0.2, 0.25) is 0 Å². The summed E-state index contributed by atoms with van der Waals surface area (Å²) >= 11 is 5.98. The monoisotopic (exact) mass is 333 g/mol. The Hall–Kier alpha value is -2.91. The van der Waals surface area contributed by atoms with Crippen LogP contribution < -0.4 is 5.32 Å². The molecule has 1 aliphatic carbocycles. The van der Waals surface area contributed by atoms with Gasteiger partial charge in [0.25, 0.3) is 0 Å². The maximum Gasteiger partial charge on any atom is 0.196 e. The summed E-state index contributed by atoms with van der Waals surface area (Å²) in [5, 5.41) is 3.67. The number of para-hydroxylation sites is 1. The second-order valence-electron chi connectivity index (χ2n) is 5.57. The van der Waals surface area contributed by atoms with Crippen molar-refractivity contribution in [1.82, 2.24) is 0 Å². The summed E-state index contributed by atoms with van der Waals surface area (Å²) < 4.78 is 0. The third-order valence-electron chi connectivity index (χ3n) is 4.06. The summed E-state index contributed by atoms with van der Waals surface area (Å²) in [7, 11) is 0. The van der Waals surface area contributed by atoms with Crippen LogP contribution in [0, 0.1) is 0 Å². The van der Waals surface area contributed by atoms with Crippen LogP contribution in [0.3, 0.4) is 0 Å². The summed E-state index contributed by atoms with van der Waals surface area (Å²) in [5.41, 5.74) is 3.03. The predicted molar refractivity (Wildman–Crippen MR) is 94.5 cm³/mol. The van der Waals surface area contributed by atoms with Gasteiger partial charge in [-0.05, 0) is 36.4 Å². The van der Waals surface area contributed by atoms with Gasteiger partial charge in [0, 0.05) is 27.4 Å². The Morgan fingerprint density at radius 1 is 0.708 bits per heavy atom. The Kier molecular flexibility index (Phi) is 3.44. The van der Waals surface area contributed by atoms with Crippen LogP contribution in [0.15, 0.2) is 66.7 Å². The van der Waals surface area contributed by atoms with Crippen LogP contribution in [-0.2, 0) is 0 Å². The predicted octanol–water partition coefficient (Wildman–Crippen LogP) is 4.86. The van der Waals surface area contributed by atoms with E-state index in [1.165, 1.54) is 0 Å². The van der Waals surface area contributed by atoms with Gasteiger partial charge >= 0.3 is 0 Å². The largest absolute Gasteiger partial charge is 0.355 e. The number of carbonyl (C=O) groups is 2. The number of hydrogen-bond acceptors (Lipinski definition) is 3. The fourth-order valence-corrected chi connectivity index (χ4v) is 3.12. The van der Waals surface area contributed by atoms with Crippen molar-refractivity contribution >= 4 is 34.5 Å². The molecule has 24 heavy (non-hydrogen) atoms. The maximum absolute atomic E-state index is 12.9. The normalized spacial score (nSPS) is 12.5. The zero-order valence-corrected chi connectivity index (χ0v) is 13.3. The number of ketones is 2. The average molecular weight is 334 g/mol. The Morgan fingerprint density at radius 3 is 2.29 bits per heavy atom. The van der Waals surface area contributed by atoms with Gasteiger partial charge in [-0.1, -0.05) is 41.9 Å². The molecular formula is C20H12ClNO2. The molecule has 0 bridgehead atoms. The zero-order chi connectivity index (χ0) is 16.7. The van der Waals surface area contributed by atoms with Crippen molar-refractivity contribution in [2.24, 2.45) is 0 Å². The van der Waals surface area contributed by atoms with E-state index in [2.05, 4.69) is 5.32 Å². The highest BCUT2D eigenvalue weighted by molar-refractivity contribution is 6.34. The lowest BCUT2D eigenvalue weighted by Crippen LogP contribution is -2.22. The van der Waals surface area contributed by atoms with Gasteiger partial charge in [0.1, 0.15) is 0 Å². The quantitative estimate of drug-likeness (QED) is 0.570. The standard InChI is InChI=1S/C20H12ClNO2/c21-12-9-10-14-16(11-12)19(23)15-7-4-8-17(18(15)20(14)24)22-13-5-2-1-3-6-13/h1-11,22H. The van der Waals surface area contributed by atoms with Crippen molar-refractivity contribution < 1.29 is 9.59 Å². The number of rotatable bonds is 2. The van der Waals surface area contributed by atoms with Crippen LogP contribution in [0.4, 0.5) is 11.4 Å². The van der Waals surface area contributed by atoms with Crippen LogP contribution in [0.5, 0.6) is 0 Å². The van der Waals surface area contributed by atoms with Gasteiger partial charge in [0.15, 0.2) is 11.6 Å². The van der Waals surface area contributed by atoms with Crippen molar-refractivity contribution in [2.75, 3.05) is 5.32 Å². The SMILES string of the molecule is O=C1c2cc(Cl)ccc2C(=O)c2c(Nc3ccccc3)cccc21. The maximum atomic E-state index is 12.9. The Morgan fingerprint density at radius 2 is 1.50 bits per heavy atom. The van der Waals surface area contributed by atoms with Crippen molar-refractivity contribution in [3.63, 3.8) is 0 Å². The Labute approximate surface area is 143 Å². The average Bonchev–Trinajstić information content (AvgIpc) is 2.60. The molecule has 0 aromatic heterocycles. The molecular weight excluding hydrogens is 322 g/mol. The van der Waals surface area contributed by atoms with Crippen LogP contribution in [-0.4, -0.2) is 11.6 Å². The summed E-state index contributed by atoms with van der Waals surface area (Å²) in [6.07, 6.45) is 0. The minimum Gasteiger partial charge on any atom is -0.355 e. The molecule has 1 N–H and O–H groups in total. The minimum absolute atomic E-state index is 0.171. The fourth-order valence-electron chi connectivity index (χ4n) is 2.95.